The Morgan fingerprint density at radius 1 is 1.50 bits per heavy atom. The molecule has 0 aromatic heterocycles. The third kappa shape index (κ3) is 1.68. The molecule has 0 spiro atoms. The largest absolute Gasteiger partial charge is 0.486 e. The molecule has 0 bridgehead atoms. The van der Waals surface area contributed by atoms with Crippen molar-refractivity contribution in [1.82, 2.24) is 0 Å². The van der Waals surface area contributed by atoms with Gasteiger partial charge in [-0.3, -0.25) is 0 Å². The summed E-state index contributed by atoms with van der Waals surface area (Å²) in [7, 11) is 2.09. The van der Waals surface area contributed by atoms with E-state index in [1.54, 1.807) is 0 Å². The second-order valence-electron chi connectivity index (χ2n) is 3.67. The minimum absolute atomic E-state index is 0.236. The summed E-state index contributed by atoms with van der Waals surface area (Å²) >= 11 is 0. The van der Waals surface area contributed by atoms with Gasteiger partial charge in [0.05, 0.1) is 12.2 Å². The SMILES string of the molecule is CN1CC(CCN)Oc2ccccc21. The van der Waals surface area contributed by atoms with Gasteiger partial charge in [-0.15, -0.1) is 0 Å². The minimum atomic E-state index is 0.236. The first kappa shape index (κ1) is 9.34. The van der Waals surface area contributed by atoms with Crippen LogP contribution in [-0.2, 0) is 0 Å². The van der Waals surface area contributed by atoms with Crippen molar-refractivity contribution in [2.45, 2.75) is 12.5 Å². The Bertz CT molecular complexity index is 314. The van der Waals surface area contributed by atoms with Crippen LogP contribution in [0.15, 0.2) is 24.3 Å². The second kappa shape index (κ2) is 3.88. The molecule has 2 rings (SSSR count). The summed E-state index contributed by atoms with van der Waals surface area (Å²) in [5.41, 5.74) is 6.69. The average molecular weight is 192 g/mol. The van der Waals surface area contributed by atoms with E-state index in [1.165, 1.54) is 5.69 Å². The Balaban J connectivity index is 2.20. The zero-order chi connectivity index (χ0) is 9.97. The van der Waals surface area contributed by atoms with Crippen molar-refractivity contribution < 1.29 is 4.74 Å². The van der Waals surface area contributed by atoms with Gasteiger partial charge in [-0.05, 0) is 25.1 Å². The predicted octanol–water partition coefficient (Wildman–Crippen LogP) is 1.23. The third-order valence-electron chi connectivity index (χ3n) is 2.54. The molecule has 0 saturated carbocycles. The molecule has 3 heteroatoms. The molecule has 14 heavy (non-hydrogen) atoms. The number of para-hydroxylation sites is 2. The summed E-state index contributed by atoms with van der Waals surface area (Å²) in [5.74, 6) is 0.972. The highest BCUT2D eigenvalue weighted by Crippen LogP contribution is 2.32. The number of hydrogen-bond donors (Lipinski definition) is 1. The first-order valence-corrected chi connectivity index (χ1v) is 4.98. The molecule has 1 aliphatic heterocycles. The monoisotopic (exact) mass is 192 g/mol. The van der Waals surface area contributed by atoms with Gasteiger partial charge in [0.1, 0.15) is 11.9 Å². The van der Waals surface area contributed by atoms with E-state index in [0.29, 0.717) is 6.54 Å². The van der Waals surface area contributed by atoms with Crippen molar-refractivity contribution in [2.75, 3.05) is 25.0 Å². The van der Waals surface area contributed by atoms with Crippen LogP contribution in [0.3, 0.4) is 0 Å². The highest BCUT2D eigenvalue weighted by Gasteiger charge is 2.21. The standard InChI is InChI=1S/C11H16N2O/c1-13-8-9(6-7-12)14-11-5-3-2-4-10(11)13/h2-5,9H,6-8,12H2,1H3. The number of nitrogens with zero attached hydrogens (tertiary/aromatic N) is 1. The summed E-state index contributed by atoms with van der Waals surface area (Å²) in [5, 5.41) is 0. The number of nitrogens with two attached hydrogens (primary N) is 1. The Morgan fingerprint density at radius 2 is 2.29 bits per heavy atom. The maximum Gasteiger partial charge on any atom is 0.143 e. The summed E-state index contributed by atoms with van der Waals surface area (Å²) in [6, 6.07) is 8.11. The molecular formula is C11H16N2O. The summed E-state index contributed by atoms with van der Waals surface area (Å²) in [4.78, 5) is 2.22. The predicted molar refractivity (Wildman–Crippen MR) is 57.8 cm³/mol. The fourth-order valence-corrected chi connectivity index (χ4v) is 1.83. The van der Waals surface area contributed by atoms with Crippen molar-refractivity contribution in [2.24, 2.45) is 5.73 Å². The third-order valence-corrected chi connectivity index (χ3v) is 2.54. The van der Waals surface area contributed by atoms with Gasteiger partial charge >= 0.3 is 0 Å². The van der Waals surface area contributed by atoms with Crippen LogP contribution in [0.4, 0.5) is 5.69 Å². The van der Waals surface area contributed by atoms with Gasteiger partial charge in [-0.1, -0.05) is 12.1 Å². The molecule has 2 N–H and O–H groups in total. The lowest BCUT2D eigenvalue weighted by Crippen LogP contribution is -2.38. The maximum atomic E-state index is 5.82. The number of hydrogen-bond acceptors (Lipinski definition) is 3. The fraction of sp³-hybridized carbons (Fsp3) is 0.455. The van der Waals surface area contributed by atoms with E-state index >= 15 is 0 Å². The van der Waals surface area contributed by atoms with Crippen molar-refractivity contribution in [3.8, 4) is 5.75 Å². The number of benzene rings is 1. The average Bonchev–Trinajstić information content (AvgIpc) is 2.18. The summed E-state index contributed by atoms with van der Waals surface area (Å²) < 4.78 is 5.82. The Kier molecular flexibility index (Phi) is 2.59. The Labute approximate surface area is 84.5 Å². The molecule has 0 fully saturated rings. The van der Waals surface area contributed by atoms with Crippen LogP contribution in [0, 0.1) is 0 Å². The molecule has 76 valence electrons. The van der Waals surface area contributed by atoms with E-state index in [0.717, 1.165) is 18.7 Å². The van der Waals surface area contributed by atoms with Gasteiger partial charge in [0, 0.05) is 7.05 Å². The Hall–Kier alpha value is -1.22. The molecule has 0 radical (unpaired) electrons. The van der Waals surface area contributed by atoms with Gasteiger partial charge in [0.15, 0.2) is 0 Å². The van der Waals surface area contributed by atoms with E-state index in [-0.39, 0.29) is 6.10 Å². The van der Waals surface area contributed by atoms with Crippen LogP contribution in [0.25, 0.3) is 0 Å². The van der Waals surface area contributed by atoms with Gasteiger partial charge in [0.25, 0.3) is 0 Å². The van der Waals surface area contributed by atoms with E-state index in [1.807, 2.05) is 18.2 Å². The molecule has 1 aromatic carbocycles. The minimum Gasteiger partial charge on any atom is -0.486 e. The number of ether oxygens (including phenoxy) is 1. The topological polar surface area (TPSA) is 38.5 Å². The van der Waals surface area contributed by atoms with E-state index in [2.05, 4.69) is 18.0 Å². The van der Waals surface area contributed by atoms with Gasteiger partial charge < -0.3 is 15.4 Å². The van der Waals surface area contributed by atoms with Crippen LogP contribution in [0.5, 0.6) is 5.75 Å². The number of anilines is 1. The quantitative estimate of drug-likeness (QED) is 0.766. The van der Waals surface area contributed by atoms with Crippen molar-refractivity contribution in [3.63, 3.8) is 0 Å². The van der Waals surface area contributed by atoms with Gasteiger partial charge in [0.2, 0.25) is 0 Å². The van der Waals surface area contributed by atoms with Gasteiger partial charge in [-0.2, -0.15) is 0 Å². The second-order valence-corrected chi connectivity index (χ2v) is 3.67. The molecule has 0 amide bonds. The van der Waals surface area contributed by atoms with Crippen molar-refractivity contribution in [3.05, 3.63) is 24.3 Å². The first-order valence-electron chi connectivity index (χ1n) is 4.98. The van der Waals surface area contributed by atoms with E-state index in [4.69, 9.17) is 10.5 Å². The summed E-state index contributed by atoms with van der Waals surface area (Å²) in [6.07, 6.45) is 1.15. The molecule has 1 atom stereocenters. The van der Waals surface area contributed by atoms with Crippen molar-refractivity contribution in [1.29, 1.82) is 0 Å². The highest BCUT2D eigenvalue weighted by molar-refractivity contribution is 5.59. The Morgan fingerprint density at radius 3 is 3.07 bits per heavy atom. The van der Waals surface area contributed by atoms with Crippen LogP contribution in [-0.4, -0.2) is 26.2 Å². The van der Waals surface area contributed by atoms with E-state index in [9.17, 15) is 0 Å². The molecule has 0 saturated heterocycles. The maximum absolute atomic E-state index is 5.82. The normalized spacial score (nSPS) is 20.1. The molecule has 1 aromatic rings. The first-order chi connectivity index (χ1) is 6.81. The molecular weight excluding hydrogens is 176 g/mol. The summed E-state index contributed by atoms with van der Waals surface area (Å²) in [6.45, 7) is 1.61. The lowest BCUT2D eigenvalue weighted by Gasteiger charge is -2.33. The molecule has 0 aliphatic carbocycles. The van der Waals surface area contributed by atoms with Gasteiger partial charge in [-0.25, -0.2) is 0 Å². The number of likely N-dealkylation sites (N-methyl/N-ethyl adjacent to an activating group) is 1. The number of fused-ring (bicyclic) bond motifs is 1. The lowest BCUT2D eigenvalue weighted by molar-refractivity contribution is 0.188. The lowest BCUT2D eigenvalue weighted by atomic mass is 10.1. The molecule has 3 nitrogen and oxygen atoms in total. The van der Waals surface area contributed by atoms with Crippen LogP contribution < -0.4 is 15.4 Å². The number of rotatable bonds is 2. The van der Waals surface area contributed by atoms with Crippen LogP contribution in [0.1, 0.15) is 6.42 Å². The van der Waals surface area contributed by atoms with Crippen molar-refractivity contribution >= 4 is 5.69 Å². The zero-order valence-electron chi connectivity index (χ0n) is 8.44. The fourth-order valence-electron chi connectivity index (χ4n) is 1.83. The van der Waals surface area contributed by atoms with Crippen LogP contribution >= 0.6 is 0 Å². The van der Waals surface area contributed by atoms with E-state index < -0.39 is 0 Å². The molecule has 1 aliphatic rings. The molecule has 1 unspecified atom stereocenters. The smallest absolute Gasteiger partial charge is 0.143 e. The molecule has 1 heterocycles. The zero-order valence-corrected chi connectivity index (χ0v) is 8.44. The van der Waals surface area contributed by atoms with Crippen LogP contribution in [0.2, 0.25) is 0 Å². The highest BCUT2D eigenvalue weighted by atomic mass is 16.5.